The third-order valence-corrected chi connectivity index (χ3v) is 5.33. The molecule has 1 amide bonds. The number of rotatable bonds is 8. The molecule has 0 aliphatic heterocycles. The Morgan fingerprint density at radius 2 is 1.66 bits per heavy atom. The van der Waals surface area contributed by atoms with Crippen LogP contribution in [-0.4, -0.2) is 12.1 Å². The van der Waals surface area contributed by atoms with Gasteiger partial charge in [-0.3, -0.25) is 4.79 Å². The number of carbonyl (C=O) groups is 1. The van der Waals surface area contributed by atoms with E-state index in [-0.39, 0.29) is 5.91 Å². The number of ether oxygens (including phenoxy) is 1. The Balaban J connectivity index is 1.33. The van der Waals surface area contributed by atoms with Crippen molar-refractivity contribution < 1.29 is 9.53 Å². The van der Waals surface area contributed by atoms with E-state index < -0.39 is 0 Å². The lowest BCUT2D eigenvalue weighted by Gasteiger charge is -2.09. The molecule has 4 aromatic rings. The summed E-state index contributed by atoms with van der Waals surface area (Å²) in [5.41, 5.74) is 6.82. The summed E-state index contributed by atoms with van der Waals surface area (Å²) in [7, 11) is 0. The highest BCUT2D eigenvalue weighted by Crippen LogP contribution is 2.21. The number of fused-ring (bicyclic) bond motifs is 1. The number of nitrogens with one attached hydrogen (secondary N) is 1. The second-order valence-corrected chi connectivity index (χ2v) is 7.64. The first-order valence-electron chi connectivity index (χ1n) is 10.8. The molecule has 0 aliphatic carbocycles. The molecule has 0 aliphatic rings. The molecule has 32 heavy (non-hydrogen) atoms. The number of aryl methyl sites for hydroxylation is 1. The summed E-state index contributed by atoms with van der Waals surface area (Å²) < 4.78 is 6.02. The minimum atomic E-state index is -0.145. The molecule has 0 radical (unpaired) electrons. The van der Waals surface area contributed by atoms with Crippen LogP contribution in [0.3, 0.4) is 0 Å². The van der Waals surface area contributed by atoms with Crippen LogP contribution >= 0.6 is 0 Å². The highest BCUT2D eigenvalue weighted by Gasteiger charge is 2.04. The molecule has 0 bridgehead atoms. The van der Waals surface area contributed by atoms with Gasteiger partial charge in [0, 0.05) is 0 Å². The van der Waals surface area contributed by atoms with Crippen LogP contribution in [0.4, 0.5) is 0 Å². The Kier molecular flexibility index (Phi) is 6.93. The Labute approximate surface area is 188 Å². The van der Waals surface area contributed by atoms with Gasteiger partial charge in [-0.2, -0.15) is 5.10 Å². The largest absolute Gasteiger partial charge is 0.489 e. The Hall–Kier alpha value is -3.92. The summed E-state index contributed by atoms with van der Waals surface area (Å²) in [6, 6.07) is 30.2. The summed E-state index contributed by atoms with van der Waals surface area (Å²) in [6.45, 7) is 2.59. The first-order valence-corrected chi connectivity index (χ1v) is 10.8. The molecule has 0 saturated heterocycles. The zero-order valence-corrected chi connectivity index (χ0v) is 18.1. The minimum absolute atomic E-state index is 0.145. The fourth-order valence-corrected chi connectivity index (χ4v) is 3.56. The molecule has 0 aromatic heterocycles. The molecule has 0 saturated carbocycles. The Morgan fingerprint density at radius 1 is 0.906 bits per heavy atom. The maximum Gasteiger partial charge on any atom is 0.244 e. The van der Waals surface area contributed by atoms with Gasteiger partial charge in [-0.1, -0.05) is 85.8 Å². The number of hydrogen-bond acceptors (Lipinski definition) is 3. The first-order chi connectivity index (χ1) is 15.7. The van der Waals surface area contributed by atoms with Crippen molar-refractivity contribution in [2.75, 3.05) is 0 Å². The summed E-state index contributed by atoms with van der Waals surface area (Å²) in [5.74, 6) is 0.609. The van der Waals surface area contributed by atoms with Crippen LogP contribution in [0.5, 0.6) is 5.75 Å². The van der Waals surface area contributed by atoms with E-state index in [9.17, 15) is 4.79 Å². The van der Waals surface area contributed by atoms with Crippen LogP contribution in [-0.2, 0) is 24.2 Å². The highest BCUT2D eigenvalue weighted by molar-refractivity contribution is 5.85. The average Bonchev–Trinajstić information content (AvgIpc) is 2.83. The summed E-state index contributed by atoms with van der Waals surface area (Å²) in [5, 5.41) is 6.49. The van der Waals surface area contributed by atoms with E-state index in [1.807, 2.05) is 54.6 Å². The van der Waals surface area contributed by atoms with Gasteiger partial charge in [0.1, 0.15) is 12.4 Å². The normalized spacial score (nSPS) is 11.0. The van der Waals surface area contributed by atoms with Crippen molar-refractivity contribution in [2.45, 2.75) is 26.4 Å². The molecule has 160 valence electrons. The average molecular weight is 423 g/mol. The number of benzene rings is 4. The quantitative estimate of drug-likeness (QED) is 0.294. The third kappa shape index (κ3) is 5.61. The summed E-state index contributed by atoms with van der Waals surface area (Å²) in [4.78, 5) is 12.1. The fraction of sp³-hybridized carbons (Fsp3) is 0.143. The van der Waals surface area contributed by atoms with Crippen molar-refractivity contribution in [1.29, 1.82) is 0 Å². The number of hydrazone groups is 1. The molecular weight excluding hydrogens is 396 g/mol. The van der Waals surface area contributed by atoms with Crippen LogP contribution in [0.25, 0.3) is 10.8 Å². The molecule has 4 aromatic carbocycles. The summed E-state index contributed by atoms with van der Waals surface area (Å²) in [6.07, 6.45) is 2.92. The van der Waals surface area contributed by atoms with Crippen molar-refractivity contribution in [3.8, 4) is 5.75 Å². The lowest BCUT2D eigenvalue weighted by atomic mass is 10.1. The van der Waals surface area contributed by atoms with Gasteiger partial charge in [0.15, 0.2) is 0 Å². The maximum absolute atomic E-state index is 12.1. The van der Waals surface area contributed by atoms with E-state index in [1.165, 1.54) is 16.3 Å². The van der Waals surface area contributed by atoms with Gasteiger partial charge in [-0.25, -0.2) is 5.43 Å². The van der Waals surface area contributed by atoms with E-state index in [1.54, 1.807) is 6.21 Å². The Bertz CT molecular complexity index is 1220. The lowest BCUT2D eigenvalue weighted by molar-refractivity contribution is -0.120. The first kappa shape index (κ1) is 21.3. The molecule has 4 nitrogen and oxygen atoms in total. The van der Waals surface area contributed by atoms with Crippen molar-refractivity contribution in [3.05, 3.63) is 113 Å². The smallest absolute Gasteiger partial charge is 0.244 e. The van der Waals surface area contributed by atoms with Gasteiger partial charge in [0.2, 0.25) is 5.91 Å². The molecule has 0 spiro atoms. The maximum atomic E-state index is 12.1. The SMILES string of the molecule is CCc1ccc(CC(=O)N/N=C/c2cccc(OCc3cccc4ccccc34)c2)cc1. The molecular formula is C28H26N2O2. The van der Waals surface area contributed by atoms with Gasteiger partial charge in [0.25, 0.3) is 0 Å². The molecule has 0 heterocycles. The lowest BCUT2D eigenvalue weighted by Crippen LogP contribution is -2.19. The van der Waals surface area contributed by atoms with Gasteiger partial charge in [0.05, 0.1) is 12.6 Å². The van der Waals surface area contributed by atoms with Crippen molar-refractivity contribution in [3.63, 3.8) is 0 Å². The monoisotopic (exact) mass is 422 g/mol. The molecule has 1 N–H and O–H groups in total. The van der Waals surface area contributed by atoms with Crippen LogP contribution in [0.15, 0.2) is 96.1 Å². The second-order valence-electron chi connectivity index (χ2n) is 7.64. The minimum Gasteiger partial charge on any atom is -0.489 e. The predicted octanol–water partition coefficient (Wildman–Crippen LogP) is 5.67. The number of nitrogens with zero attached hydrogens (tertiary/aromatic N) is 1. The topological polar surface area (TPSA) is 50.7 Å². The second kappa shape index (κ2) is 10.4. The van der Waals surface area contributed by atoms with E-state index in [2.05, 4.69) is 53.8 Å². The van der Waals surface area contributed by atoms with E-state index in [4.69, 9.17) is 4.74 Å². The van der Waals surface area contributed by atoms with Crippen LogP contribution in [0, 0.1) is 0 Å². The van der Waals surface area contributed by atoms with Gasteiger partial charge >= 0.3 is 0 Å². The third-order valence-electron chi connectivity index (χ3n) is 5.33. The zero-order chi connectivity index (χ0) is 22.2. The van der Waals surface area contributed by atoms with E-state index >= 15 is 0 Å². The molecule has 4 rings (SSSR count). The number of carbonyl (C=O) groups excluding carboxylic acids is 1. The molecule has 0 unspecified atom stereocenters. The van der Waals surface area contributed by atoms with E-state index in [0.717, 1.165) is 28.9 Å². The van der Waals surface area contributed by atoms with Gasteiger partial charge < -0.3 is 4.74 Å². The van der Waals surface area contributed by atoms with Crippen LogP contribution < -0.4 is 10.2 Å². The Morgan fingerprint density at radius 3 is 2.50 bits per heavy atom. The highest BCUT2D eigenvalue weighted by atomic mass is 16.5. The van der Waals surface area contributed by atoms with Crippen LogP contribution in [0.1, 0.15) is 29.2 Å². The zero-order valence-electron chi connectivity index (χ0n) is 18.1. The molecule has 0 atom stereocenters. The van der Waals surface area contributed by atoms with Gasteiger partial charge in [-0.15, -0.1) is 0 Å². The van der Waals surface area contributed by atoms with Crippen molar-refractivity contribution in [1.82, 2.24) is 5.43 Å². The predicted molar refractivity (Wildman–Crippen MR) is 130 cm³/mol. The molecule has 4 heteroatoms. The van der Waals surface area contributed by atoms with Crippen molar-refractivity contribution >= 4 is 22.9 Å². The number of hydrogen-bond donors (Lipinski definition) is 1. The van der Waals surface area contributed by atoms with E-state index in [0.29, 0.717) is 13.0 Å². The van der Waals surface area contributed by atoms with Gasteiger partial charge in [-0.05, 0) is 51.6 Å². The fourth-order valence-electron chi connectivity index (χ4n) is 3.56. The van der Waals surface area contributed by atoms with Crippen LogP contribution in [0.2, 0.25) is 0 Å². The summed E-state index contributed by atoms with van der Waals surface area (Å²) >= 11 is 0. The number of amides is 1. The van der Waals surface area contributed by atoms with Crippen molar-refractivity contribution in [2.24, 2.45) is 5.10 Å². The molecule has 0 fully saturated rings. The standard InChI is InChI=1S/C28H26N2O2/c1-2-21-13-15-22(16-14-21)18-28(31)30-29-19-23-7-5-11-26(17-23)32-20-25-10-6-9-24-8-3-4-12-27(24)25/h3-17,19H,2,18,20H2,1H3,(H,30,31)/b29-19+.